The summed E-state index contributed by atoms with van der Waals surface area (Å²) in [5, 5.41) is 6.12. The Morgan fingerprint density at radius 2 is 2.25 bits per heavy atom. The van der Waals surface area contributed by atoms with Crippen molar-refractivity contribution >= 4 is 5.91 Å². The summed E-state index contributed by atoms with van der Waals surface area (Å²) in [6, 6.07) is 3.71. The summed E-state index contributed by atoms with van der Waals surface area (Å²) in [6.07, 6.45) is 0. The molecule has 1 fully saturated rings. The van der Waals surface area contributed by atoms with Crippen LogP contribution in [-0.2, 0) is 0 Å². The van der Waals surface area contributed by atoms with Crippen LogP contribution < -0.4 is 10.6 Å². The number of carbonyl (C=O) groups excluding carboxylic acids is 1. The zero-order valence-electron chi connectivity index (χ0n) is 9.71. The lowest BCUT2D eigenvalue weighted by molar-refractivity contribution is 0.0941. The summed E-state index contributed by atoms with van der Waals surface area (Å²) < 4.78 is 0. The predicted octanol–water partition coefficient (Wildman–Crippen LogP) is 0.648. The van der Waals surface area contributed by atoms with Crippen molar-refractivity contribution in [3.8, 4) is 0 Å². The van der Waals surface area contributed by atoms with Gasteiger partial charge in [0.25, 0.3) is 5.91 Å². The van der Waals surface area contributed by atoms with Crippen molar-refractivity contribution in [2.75, 3.05) is 19.6 Å². The van der Waals surface area contributed by atoms with Crippen molar-refractivity contribution in [3.05, 3.63) is 29.1 Å². The highest BCUT2D eigenvalue weighted by molar-refractivity contribution is 5.95. The molecule has 4 nitrogen and oxygen atoms in total. The van der Waals surface area contributed by atoms with Crippen molar-refractivity contribution in [1.82, 2.24) is 15.6 Å². The van der Waals surface area contributed by atoms with E-state index in [-0.39, 0.29) is 5.91 Å². The predicted molar refractivity (Wildman–Crippen MR) is 62.4 cm³/mol. The number of hydrogen-bond donors (Lipinski definition) is 2. The standard InChI is InChI=1S/C12H17N3O/c1-8-3-4-11(9(2)15-8)12(16)14-7-10-5-13-6-10/h3-4,10,13H,5-7H2,1-2H3,(H,14,16). The number of carbonyl (C=O) groups is 1. The Morgan fingerprint density at radius 3 is 2.81 bits per heavy atom. The largest absolute Gasteiger partial charge is 0.352 e. The molecule has 2 heterocycles. The van der Waals surface area contributed by atoms with E-state index in [4.69, 9.17) is 0 Å². The Hall–Kier alpha value is -1.42. The molecule has 0 aliphatic carbocycles. The summed E-state index contributed by atoms with van der Waals surface area (Å²) in [7, 11) is 0. The van der Waals surface area contributed by atoms with Gasteiger partial charge in [0, 0.05) is 31.2 Å². The van der Waals surface area contributed by atoms with Gasteiger partial charge in [0.05, 0.1) is 11.3 Å². The maximum absolute atomic E-state index is 11.8. The van der Waals surface area contributed by atoms with Gasteiger partial charge < -0.3 is 10.6 Å². The lowest BCUT2D eigenvalue weighted by Crippen LogP contribution is -2.48. The van der Waals surface area contributed by atoms with Crippen molar-refractivity contribution < 1.29 is 4.79 Å². The molecule has 1 amide bonds. The fourth-order valence-electron chi connectivity index (χ4n) is 1.75. The SMILES string of the molecule is Cc1ccc(C(=O)NCC2CNC2)c(C)n1. The molecule has 0 aromatic carbocycles. The first-order valence-corrected chi connectivity index (χ1v) is 5.60. The number of pyridine rings is 1. The van der Waals surface area contributed by atoms with Gasteiger partial charge in [-0.15, -0.1) is 0 Å². The second-order valence-corrected chi connectivity index (χ2v) is 4.32. The quantitative estimate of drug-likeness (QED) is 0.784. The summed E-state index contributed by atoms with van der Waals surface area (Å²) in [4.78, 5) is 16.1. The second kappa shape index (κ2) is 4.61. The molecule has 1 aliphatic heterocycles. The zero-order valence-corrected chi connectivity index (χ0v) is 9.71. The summed E-state index contributed by atoms with van der Waals surface area (Å²) in [6.45, 7) is 6.55. The topological polar surface area (TPSA) is 54.0 Å². The maximum atomic E-state index is 11.8. The van der Waals surface area contributed by atoms with Crippen molar-refractivity contribution in [2.45, 2.75) is 13.8 Å². The summed E-state index contributed by atoms with van der Waals surface area (Å²) in [5.74, 6) is 0.569. The van der Waals surface area contributed by atoms with Crippen LogP contribution in [0.25, 0.3) is 0 Å². The number of aromatic nitrogens is 1. The number of amides is 1. The van der Waals surface area contributed by atoms with Gasteiger partial charge in [0.1, 0.15) is 0 Å². The molecule has 1 saturated heterocycles. The molecule has 0 spiro atoms. The number of aryl methyl sites for hydroxylation is 2. The molecular formula is C12H17N3O. The molecule has 0 atom stereocenters. The minimum Gasteiger partial charge on any atom is -0.352 e. The maximum Gasteiger partial charge on any atom is 0.253 e. The lowest BCUT2D eigenvalue weighted by Gasteiger charge is -2.27. The minimum absolute atomic E-state index is 0.0168. The molecule has 0 bridgehead atoms. The van der Waals surface area contributed by atoms with Gasteiger partial charge in [-0.25, -0.2) is 0 Å². The van der Waals surface area contributed by atoms with Crippen molar-refractivity contribution in [1.29, 1.82) is 0 Å². The fourth-order valence-corrected chi connectivity index (χ4v) is 1.75. The van der Waals surface area contributed by atoms with Crippen LogP contribution in [-0.4, -0.2) is 30.5 Å². The lowest BCUT2D eigenvalue weighted by atomic mass is 10.0. The Kier molecular flexibility index (Phi) is 3.19. The first-order chi connectivity index (χ1) is 7.66. The van der Waals surface area contributed by atoms with Crippen LogP contribution in [0, 0.1) is 19.8 Å². The van der Waals surface area contributed by atoms with Crippen LogP contribution in [0.5, 0.6) is 0 Å². The Balaban J connectivity index is 1.96. The van der Waals surface area contributed by atoms with Gasteiger partial charge >= 0.3 is 0 Å². The van der Waals surface area contributed by atoms with Crippen LogP contribution in [0.15, 0.2) is 12.1 Å². The van der Waals surface area contributed by atoms with Gasteiger partial charge in [0.2, 0.25) is 0 Å². The molecule has 1 aromatic heterocycles. The third-order valence-electron chi connectivity index (χ3n) is 2.89. The van der Waals surface area contributed by atoms with E-state index in [9.17, 15) is 4.79 Å². The van der Waals surface area contributed by atoms with Crippen LogP contribution in [0.3, 0.4) is 0 Å². The van der Waals surface area contributed by atoms with E-state index in [0.717, 1.165) is 31.0 Å². The molecule has 0 unspecified atom stereocenters. The third kappa shape index (κ3) is 2.39. The van der Waals surface area contributed by atoms with Gasteiger partial charge in [-0.3, -0.25) is 9.78 Å². The van der Waals surface area contributed by atoms with E-state index in [1.807, 2.05) is 26.0 Å². The summed E-state index contributed by atoms with van der Waals surface area (Å²) in [5.41, 5.74) is 2.42. The third-order valence-corrected chi connectivity index (χ3v) is 2.89. The monoisotopic (exact) mass is 219 g/mol. The van der Waals surface area contributed by atoms with Gasteiger partial charge in [-0.1, -0.05) is 0 Å². The van der Waals surface area contributed by atoms with Crippen LogP contribution in [0.1, 0.15) is 21.7 Å². The molecule has 86 valence electrons. The first kappa shape index (κ1) is 11.1. The molecular weight excluding hydrogens is 202 g/mol. The fraction of sp³-hybridized carbons (Fsp3) is 0.500. The van der Waals surface area contributed by atoms with E-state index in [1.165, 1.54) is 0 Å². The molecule has 1 aromatic rings. The van der Waals surface area contributed by atoms with E-state index in [2.05, 4.69) is 15.6 Å². The molecule has 4 heteroatoms. The minimum atomic E-state index is -0.0168. The van der Waals surface area contributed by atoms with Crippen molar-refractivity contribution in [2.24, 2.45) is 5.92 Å². The molecule has 0 radical (unpaired) electrons. The molecule has 16 heavy (non-hydrogen) atoms. The Labute approximate surface area is 95.5 Å². The normalized spacial score (nSPS) is 15.6. The average molecular weight is 219 g/mol. The number of nitrogens with one attached hydrogen (secondary N) is 2. The number of hydrogen-bond acceptors (Lipinski definition) is 3. The highest BCUT2D eigenvalue weighted by atomic mass is 16.1. The van der Waals surface area contributed by atoms with Gasteiger partial charge in [-0.2, -0.15) is 0 Å². The Morgan fingerprint density at radius 1 is 1.50 bits per heavy atom. The van der Waals surface area contributed by atoms with E-state index < -0.39 is 0 Å². The molecule has 2 rings (SSSR count). The highest BCUT2D eigenvalue weighted by Gasteiger charge is 2.18. The van der Waals surface area contributed by atoms with E-state index in [0.29, 0.717) is 11.5 Å². The highest BCUT2D eigenvalue weighted by Crippen LogP contribution is 2.07. The van der Waals surface area contributed by atoms with Crippen LogP contribution in [0.4, 0.5) is 0 Å². The van der Waals surface area contributed by atoms with Crippen molar-refractivity contribution in [3.63, 3.8) is 0 Å². The smallest absolute Gasteiger partial charge is 0.253 e. The van der Waals surface area contributed by atoms with Gasteiger partial charge in [-0.05, 0) is 26.0 Å². The van der Waals surface area contributed by atoms with Crippen LogP contribution in [0.2, 0.25) is 0 Å². The second-order valence-electron chi connectivity index (χ2n) is 4.32. The molecule has 1 aliphatic rings. The average Bonchev–Trinajstić information content (AvgIpc) is 2.14. The van der Waals surface area contributed by atoms with E-state index >= 15 is 0 Å². The van der Waals surface area contributed by atoms with Crippen LogP contribution >= 0.6 is 0 Å². The first-order valence-electron chi connectivity index (χ1n) is 5.60. The number of nitrogens with zero attached hydrogens (tertiary/aromatic N) is 1. The van der Waals surface area contributed by atoms with E-state index in [1.54, 1.807) is 0 Å². The Bertz CT molecular complexity index is 399. The number of rotatable bonds is 3. The zero-order chi connectivity index (χ0) is 11.5. The molecule has 2 N–H and O–H groups in total. The summed E-state index contributed by atoms with van der Waals surface area (Å²) >= 11 is 0. The van der Waals surface area contributed by atoms with Gasteiger partial charge in [0.15, 0.2) is 0 Å². The molecule has 0 saturated carbocycles.